The maximum absolute atomic E-state index is 12.2. The number of nitrogens with one attached hydrogen (secondary N) is 1. The summed E-state index contributed by atoms with van der Waals surface area (Å²) in [5, 5.41) is 4.34. The van der Waals surface area contributed by atoms with Crippen molar-refractivity contribution in [3.05, 3.63) is 34.5 Å². The number of fused-ring (bicyclic) bond motifs is 1. The molecule has 4 nitrogen and oxygen atoms in total. The van der Waals surface area contributed by atoms with E-state index in [2.05, 4.69) is 5.32 Å². The van der Waals surface area contributed by atoms with Gasteiger partial charge in [-0.05, 0) is 43.9 Å². The van der Waals surface area contributed by atoms with Gasteiger partial charge in [0.25, 0.3) is 5.91 Å². The van der Waals surface area contributed by atoms with Crippen molar-refractivity contribution in [3.63, 3.8) is 0 Å². The summed E-state index contributed by atoms with van der Waals surface area (Å²) in [6, 6.07) is 5.37. The largest absolute Gasteiger partial charge is 0.451 e. The van der Waals surface area contributed by atoms with Gasteiger partial charge in [-0.25, -0.2) is 0 Å². The first-order chi connectivity index (χ1) is 9.56. The summed E-state index contributed by atoms with van der Waals surface area (Å²) < 4.78 is 5.61. The zero-order chi connectivity index (χ0) is 14.3. The Balaban J connectivity index is 1.78. The van der Waals surface area contributed by atoms with E-state index in [9.17, 15) is 4.79 Å². The highest BCUT2D eigenvalue weighted by molar-refractivity contribution is 6.31. The normalized spacial score (nSPS) is 16.4. The van der Waals surface area contributed by atoms with E-state index in [4.69, 9.17) is 21.8 Å². The fourth-order valence-electron chi connectivity index (χ4n) is 2.39. The zero-order valence-electron chi connectivity index (χ0n) is 11.3. The first-order valence-electron chi connectivity index (χ1n) is 6.78. The molecule has 1 aromatic carbocycles. The van der Waals surface area contributed by atoms with Gasteiger partial charge in [-0.1, -0.05) is 11.6 Å². The Hall–Kier alpha value is -1.52. The molecule has 0 saturated heterocycles. The van der Waals surface area contributed by atoms with Gasteiger partial charge in [0.05, 0.1) is 0 Å². The molecule has 0 bridgehead atoms. The third-order valence-corrected chi connectivity index (χ3v) is 4.07. The molecule has 3 rings (SSSR count). The molecule has 1 amide bonds. The molecule has 1 aliphatic rings. The minimum Gasteiger partial charge on any atom is -0.451 e. The van der Waals surface area contributed by atoms with Crippen LogP contribution in [0.4, 0.5) is 0 Å². The molecule has 1 atom stereocenters. The summed E-state index contributed by atoms with van der Waals surface area (Å²) in [4.78, 5) is 12.2. The number of carbonyl (C=O) groups excluding carboxylic acids is 1. The second kappa shape index (κ2) is 5.11. The van der Waals surface area contributed by atoms with E-state index in [0.717, 1.165) is 10.9 Å². The Morgan fingerprint density at radius 3 is 3.00 bits per heavy atom. The average Bonchev–Trinajstić information content (AvgIpc) is 3.22. The quantitative estimate of drug-likeness (QED) is 0.910. The van der Waals surface area contributed by atoms with Gasteiger partial charge in [0.15, 0.2) is 5.76 Å². The minimum atomic E-state index is -0.217. The Kier molecular flexibility index (Phi) is 3.44. The number of aryl methyl sites for hydroxylation is 1. The Morgan fingerprint density at radius 2 is 2.30 bits per heavy atom. The Bertz CT molecular complexity index is 661. The first-order valence-corrected chi connectivity index (χ1v) is 7.16. The van der Waals surface area contributed by atoms with Gasteiger partial charge in [-0.2, -0.15) is 0 Å². The highest BCUT2D eigenvalue weighted by Crippen LogP contribution is 2.31. The molecule has 3 N–H and O–H groups in total. The van der Waals surface area contributed by atoms with Gasteiger partial charge in [-0.3, -0.25) is 4.79 Å². The molecule has 0 spiro atoms. The predicted molar refractivity (Wildman–Crippen MR) is 79.0 cm³/mol. The highest BCUT2D eigenvalue weighted by Gasteiger charge is 2.29. The van der Waals surface area contributed by atoms with E-state index >= 15 is 0 Å². The van der Waals surface area contributed by atoms with Crippen molar-refractivity contribution in [2.24, 2.45) is 11.7 Å². The summed E-state index contributed by atoms with van der Waals surface area (Å²) >= 11 is 5.97. The number of hydrogen-bond donors (Lipinski definition) is 2. The molecule has 1 aliphatic carbocycles. The van der Waals surface area contributed by atoms with E-state index in [1.165, 1.54) is 12.8 Å². The van der Waals surface area contributed by atoms with Crippen molar-refractivity contribution in [2.75, 3.05) is 6.54 Å². The maximum atomic E-state index is 12.2. The molecule has 1 heterocycles. The number of carbonyl (C=O) groups is 1. The smallest absolute Gasteiger partial charge is 0.287 e. The van der Waals surface area contributed by atoms with Crippen LogP contribution in [0.15, 0.2) is 22.6 Å². The number of benzene rings is 1. The van der Waals surface area contributed by atoms with Gasteiger partial charge >= 0.3 is 0 Å². The van der Waals surface area contributed by atoms with E-state index in [0.29, 0.717) is 28.8 Å². The van der Waals surface area contributed by atoms with Crippen LogP contribution in [-0.4, -0.2) is 18.5 Å². The van der Waals surface area contributed by atoms with Crippen LogP contribution in [0.2, 0.25) is 5.02 Å². The van der Waals surface area contributed by atoms with Crippen molar-refractivity contribution in [1.82, 2.24) is 5.32 Å². The molecule has 2 aromatic rings. The molecule has 20 heavy (non-hydrogen) atoms. The van der Waals surface area contributed by atoms with Crippen molar-refractivity contribution >= 4 is 28.5 Å². The molecule has 1 fully saturated rings. The lowest BCUT2D eigenvalue weighted by Crippen LogP contribution is -2.38. The lowest BCUT2D eigenvalue weighted by Gasteiger charge is -2.10. The second-order valence-electron chi connectivity index (χ2n) is 5.41. The fourth-order valence-corrected chi connectivity index (χ4v) is 2.56. The van der Waals surface area contributed by atoms with Crippen LogP contribution in [-0.2, 0) is 0 Å². The monoisotopic (exact) mass is 292 g/mol. The third kappa shape index (κ3) is 2.53. The molecule has 0 aliphatic heterocycles. The lowest BCUT2D eigenvalue weighted by atomic mass is 10.1. The standard InChI is InChI=1S/C15H17ClN2O2/c1-8-11-6-10(16)4-5-13(11)20-14(8)15(19)18-7-12(17)9-2-3-9/h4-6,9,12H,2-3,7,17H2,1H3,(H,18,19). The molecule has 1 saturated carbocycles. The number of amides is 1. The zero-order valence-corrected chi connectivity index (χ0v) is 12.0. The van der Waals surface area contributed by atoms with E-state index in [1.54, 1.807) is 12.1 Å². The predicted octanol–water partition coefficient (Wildman–Crippen LogP) is 2.86. The Labute approximate surface area is 122 Å². The molecule has 1 aromatic heterocycles. The first kappa shape index (κ1) is 13.5. The van der Waals surface area contributed by atoms with Crippen molar-refractivity contribution in [3.8, 4) is 0 Å². The van der Waals surface area contributed by atoms with Crippen LogP contribution in [0, 0.1) is 12.8 Å². The Morgan fingerprint density at radius 1 is 1.55 bits per heavy atom. The van der Waals surface area contributed by atoms with E-state index in [-0.39, 0.29) is 11.9 Å². The summed E-state index contributed by atoms with van der Waals surface area (Å²) in [5.41, 5.74) is 7.45. The maximum Gasteiger partial charge on any atom is 0.287 e. The van der Waals surface area contributed by atoms with Gasteiger partial charge in [0.1, 0.15) is 5.58 Å². The molecule has 5 heteroatoms. The van der Waals surface area contributed by atoms with Gasteiger partial charge < -0.3 is 15.5 Å². The van der Waals surface area contributed by atoms with Crippen molar-refractivity contribution in [2.45, 2.75) is 25.8 Å². The van der Waals surface area contributed by atoms with Crippen LogP contribution < -0.4 is 11.1 Å². The summed E-state index contributed by atoms with van der Waals surface area (Å²) in [7, 11) is 0. The molecule has 106 valence electrons. The SMILES string of the molecule is Cc1c(C(=O)NCC(N)C2CC2)oc2ccc(Cl)cc12. The average molecular weight is 293 g/mol. The lowest BCUT2D eigenvalue weighted by molar-refractivity contribution is 0.0924. The van der Waals surface area contributed by atoms with Gasteiger partial charge in [0.2, 0.25) is 0 Å². The molecular formula is C15H17ClN2O2. The summed E-state index contributed by atoms with van der Waals surface area (Å²) in [6.07, 6.45) is 2.33. The van der Waals surface area contributed by atoms with Gasteiger partial charge in [0, 0.05) is 28.6 Å². The number of hydrogen-bond acceptors (Lipinski definition) is 3. The summed E-state index contributed by atoms with van der Waals surface area (Å²) in [5.74, 6) is 0.682. The molecular weight excluding hydrogens is 276 g/mol. The topological polar surface area (TPSA) is 68.3 Å². The molecule has 0 radical (unpaired) electrons. The second-order valence-corrected chi connectivity index (χ2v) is 5.84. The van der Waals surface area contributed by atoms with E-state index < -0.39 is 0 Å². The van der Waals surface area contributed by atoms with Crippen molar-refractivity contribution < 1.29 is 9.21 Å². The van der Waals surface area contributed by atoms with Crippen LogP contribution in [0.25, 0.3) is 11.0 Å². The van der Waals surface area contributed by atoms with Crippen LogP contribution >= 0.6 is 11.6 Å². The highest BCUT2D eigenvalue weighted by atomic mass is 35.5. The van der Waals surface area contributed by atoms with Crippen LogP contribution in [0.5, 0.6) is 0 Å². The molecule has 1 unspecified atom stereocenters. The van der Waals surface area contributed by atoms with Gasteiger partial charge in [-0.15, -0.1) is 0 Å². The van der Waals surface area contributed by atoms with Crippen LogP contribution in [0.3, 0.4) is 0 Å². The number of nitrogens with two attached hydrogens (primary N) is 1. The minimum absolute atomic E-state index is 0.0399. The van der Waals surface area contributed by atoms with Crippen molar-refractivity contribution in [1.29, 1.82) is 0 Å². The summed E-state index contributed by atoms with van der Waals surface area (Å²) in [6.45, 7) is 2.35. The van der Waals surface area contributed by atoms with E-state index in [1.807, 2.05) is 13.0 Å². The number of halogens is 1. The van der Waals surface area contributed by atoms with Crippen LogP contribution in [0.1, 0.15) is 29.0 Å². The number of furan rings is 1. The number of rotatable bonds is 4. The third-order valence-electron chi connectivity index (χ3n) is 3.83. The fraction of sp³-hybridized carbons (Fsp3) is 0.400.